The summed E-state index contributed by atoms with van der Waals surface area (Å²) in [6.07, 6.45) is 1.57. The number of nitrogens with zero attached hydrogens (tertiary/aromatic N) is 6. The summed E-state index contributed by atoms with van der Waals surface area (Å²) in [5.41, 5.74) is 6.28. The lowest BCUT2D eigenvalue weighted by Gasteiger charge is -2.06. The highest BCUT2D eigenvalue weighted by Gasteiger charge is 2.12. The van der Waals surface area contributed by atoms with E-state index in [1.165, 1.54) is 25.3 Å². The normalized spacial score (nSPS) is 10.5. The number of carbonyl (C=O) groups is 2. The van der Waals surface area contributed by atoms with Gasteiger partial charge in [0.15, 0.2) is 5.78 Å². The van der Waals surface area contributed by atoms with Crippen LogP contribution in [0.15, 0.2) is 72.8 Å². The molecule has 0 fully saturated rings. The number of ether oxygens (including phenoxy) is 4. The first-order chi connectivity index (χ1) is 29.3. The second kappa shape index (κ2) is 25.0. The molecular weight excluding hydrogens is 925 g/mol. The predicted octanol–water partition coefficient (Wildman–Crippen LogP) is 11.6. The van der Waals surface area contributed by atoms with E-state index in [9.17, 15) is 14.7 Å². The van der Waals surface area contributed by atoms with Crippen LogP contribution in [0, 0.1) is 27.7 Å². The van der Waals surface area contributed by atoms with E-state index in [2.05, 4.69) is 34.6 Å². The Bertz CT molecular complexity index is 2450. The Hall–Kier alpha value is -5.28. The van der Waals surface area contributed by atoms with Gasteiger partial charge in [-0.1, -0.05) is 34.8 Å². The number of hydrogen-bond acceptors (Lipinski definition) is 13. The zero-order valence-electron chi connectivity index (χ0n) is 34.6. The van der Waals surface area contributed by atoms with E-state index in [1.54, 1.807) is 64.7 Å². The molecule has 0 spiro atoms. The van der Waals surface area contributed by atoms with Crippen molar-refractivity contribution in [2.45, 2.75) is 34.1 Å². The zero-order valence-corrected chi connectivity index (χ0v) is 39.1. The second-order valence-electron chi connectivity index (χ2n) is 12.8. The van der Waals surface area contributed by atoms with Gasteiger partial charge in [0.1, 0.15) is 38.5 Å². The molecule has 0 aliphatic rings. The Morgan fingerprint density at radius 1 is 0.532 bits per heavy atom. The number of hydrogen-bond donors (Lipinski definition) is 1. The maximum Gasteiger partial charge on any atom is 0.337 e. The van der Waals surface area contributed by atoms with E-state index in [4.69, 9.17) is 83.8 Å². The SMILES string of the molecule is COC(=O)c1cc(C)cc(OC)c1.COc1cc(C)cc(/C(O)=C\c2cc(Cl)nc(Cl)n2)c1.COc1cc(C)cc(C(=O)Cc2cc(Cl)nc(Cl)n2)c1.Cc1cc(Cl)nc(Cl)n1. The highest BCUT2D eigenvalue weighted by molar-refractivity contribution is 6.32. The Labute approximate surface area is 388 Å². The predicted molar refractivity (Wildman–Crippen MR) is 244 cm³/mol. The maximum atomic E-state index is 12.3. The lowest BCUT2D eigenvalue weighted by atomic mass is 10.0. The van der Waals surface area contributed by atoms with Crippen LogP contribution in [0.3, 0.4) is 0 Å². The molecule has 0 aliphatic carbocycles. The number of aromatic nitrogens is 6. The van der Waals surface area contributed by atoms with E-state index in [-0.39, 0.29) is 50.1 Å². The van der Waals surface area contributed by atoms with Gasteiger partial charge in [0.2, 0.25) is 15.9 Å². The van der Waals surface area contributed by atoms with Gasteiger partial charge in [-0.05, 0) is 146 Å². The molecule has 0 amide bonds. The van der Waals surface area contributed by atoms with E-state index in [0.29, 0.717) is 50.5 Å². The average Bonchev–Trinajstić information content (AvgIpc) is 3.19. The summed E-state index contributed by atoms with van der Waals surface area (Å²) >= 11 is 34.0. The lowest BCUT2D eigenvalue weighted by Crippen LogP contribution is -2.06. The van der Waals surface area contributed by atoms with Gasteiger partial charge in [-0.15, -0.1) is 0 Å². The summed E-state index contributed by atoms with van der Waals surface area (Å²) in [5, 5.41) is 11.2. The molecule has 0 radical (unpaired) electrons. The van der Waals surface area contributed by atoms with Gasteiger partial charge < -0.3 is 24.1 Å². The first-order valence-corrected chi connectivity index (χ1v) is 20.1. The van der Waals surface area contributed by atoms with Gasteiger partial charge in [-0.25, -0.2) is 34.7 Å². The van der Waals surface area contributed by atoms with Crippen LogP contribution in [-0.4, -0.2) is 75.2 Å². The third kappa shape index (κ3) is 17.6. The number of ketones is 1. The van der Waals surface area contributed by atoms with Crippen LogP contribution < -0.4 is 14.2 Å². The van der Waals surface area contributed by atoms with Gasteiger partial charge >= 0.3 is 5.97 Å². The molecule has 0 bridgehead atoms. The molecule has 3 aromatic heterocycles. The third-order valence-corrected chi connectivity index (χ3v) is 8.82. The van der Waals surface area contributed by atoms with Gasteiger partial charge in [-0.2, -0.15) is 0 Å². The average molecular weight is 966 g/mol. The molecule has 1 N–H and O–H groups in total. The quantitative estimate of drug-likeness (QED) is 0.0478. The van der Waals surface area contributed by atoms with E-state index < -0.39 is 0 Å². The molecule has 3 heterocycles. The molecule has 0 atom stereocenters. The van der Waals surface area contributed by atoms with Crippen molar-refractivity contribution in [3.05, 3.63) is 155 Å². The number of carbonyl (C=O) groups excluding carboxylic acids is 2. The first-order valence-electron chi connectivity index (χ1n) is 17.9. The van der Waals surface area contributed by atoms with Gasteiger partial charge in [0, 0.05) is 29.0 Å². The molecular formula is C43H40Cl6N6O7. The van der Waals surface area contributed by atoms with Crippen LogP contribution in [0.25, 0.3) is 11.8 Å². The Kier molecular flexibility index (Phi) is 20.6. The van der Waals surface area contributed by atoms with Crippen molar-refractivity contribution in [3.63, 3.8) is 0 Å². The summed E-state index contributed by atoms with van der Waals surface area (Å²) in [4.78, 5) is 46.3. The van der Waals surface area contributed by atoms with Crippen molar-refractivity contribution in [2.24, 2.45) is 0 Å². The van der Waals surface area contributed by atoms with Crippen molar-refractivity contribution in [2.75, 3.05) is 28.4 Å². The van der Waals surface area contributed by atoms with E-state index in [1.807, 2.05) is 45.0 Å². The van der Waals surface area contributed by atoms with Crippen LogP contribution in [0.2, 0.25) is 31.3 Å². The molecule has 6 aromatic rings. The fraction of sp³-hybridized carbons (Fsp3) is 0.209. The van der Waals surface area contributed by atoms with Crippen molar-refractivity contribution < 1.29 is 33.6 Å². The van der Waals surface area contributed by atoms with E-state index in [0.717, 1.165) is 22.4 Å². The minimum absolute atomic E-state index is 0.0263. The zero-order chi connectivity index (χ0) is 46.1. The summed E-state index contributed by atoms with van der Waals surface area (Å²) in [6.45, 7) is 7.52. The van der Waals surface area contributed by atoms with Crippen LogP contribution in [0.5, 0.6) is 17.2 Å². The molecule has 0 unspecified atom stereocenters. The maximum absolute atomic E-state index is 12.3. The van der Waals surface area contributed by atoms with Crippen molar-refractivity contribution in [3.8, 4) is 17.2 Å². The molecule has 326 valence electrons. The van der Waals surface area contributed by atoms with Gasteiger partial charge in [0.25, 0.3) is 0 Å². The molecule has 19 heteroatoms. The number of benzene rings is 3. The number of aliphatic hydroxyl groups is 1. The monoisotopic (exact) mass is 962 g/mol. The summed E-state index contributed by atoms with van der Waals surface area (Å²) in [5.74, 6) is 1.59. The van der Waals surface area contributed by atoms with Crippen LogP contribution in [0.4, 0.5) is 0 Å². The standard InChI is InChI=1S/2C14H12Cl2N2O2.C10H12O3.C5H4Cl2N2/c2*1-8-3-9(5-11(4-8)20-2)12(19)6-10-7-13(15)18-14(16)17-10;1-7-4-8(10(11)13-3)6-9(5-7)12-2;1-3-2-4(6)9-5(7)8-3/h3-5,7H,6H2,1-2H3;3-7,19H,1-2H3;4-6H,1-3H3;2H,1H3/b;12-6+;;. The summed E-state index contributed by atoms with van der Waals surface area (Å²) in [6, 6.07) is 20.7. The number of methoxy groups -OCH3 is 4. The molecule has 0 saturated carbocycles. The number of esters is 1. The number of aliphatic hydroxyl groups excluding tert-OH is 1. The highest BCUT2D eigenvalue weighted by Crippen LogP contribution is 2.24. The van der Waals surface area contributed by atoms with Crippen LogP contribution in [0.1, 0.15) is 60.1 Å². The number of Topliss-reactive ketones (excluding diaryl/α,β-unsaturated/α-hetero) is 1. The fourth-order valence-corrected chi connectivity index (χ4v) is 6.51. The molecule has 0 aliphatic heterocycles. The molecule has 6 rings (SSSR count). The van der Waals surface area contributed by atoms with Gasteiger partial charge in [-0.3, -0.25) is 4.79 Å². The van der Waals surface area contributed by atoms with E-state index >= 15 is 0 Å². The van der Waals surface area contributed by atoms with Crippen molar-refractivity contribution in [1.82, 2.24) is 29.9 Å². The number of aryl methyl sites for hydroxylation is 4. The largest absolute Gasteiger partial charge is 0.507 e. The molecule has 62 heavy (non-hydrogen) atoms. The van der Waals surface area contributed by atoms with Crippen LogP contribution >= 0.6 is 69.6 Å². The summed E-state index contributed by atoms with van der Waals surface area (Å²) in [7, 11) is 6.06. The third-order valence-electron chi connectivity index (χ3n) is 7.73. The highest BCUT2D eigenvalue weighted by atomic mass is 35.5. The topological polar surface area (TPSA) is 169 Å². The second-order valence-corrected chi connectivity index (χ2v) is 15.0. The van der Waals surface area contributed by atoms with Crippen molar-refractivity contribution in [1.29, 1.82) is 0 Å². The number of rotatable bonds is 9. The minimum Gasteiger partial charge on any atom is -0.507 e. The molecule has 13 nitrogen and oxygen atoms in total. The van der Waals surface area contributed by atoms with Crippen molar-refractivity contribution >= 4 is 93.2 Å². The lowest BCUT2D eigenvalue weighted by molar-refractivity contribution is 0.0600. The van der Waals surface area contributed by atoms with Crippen LogP contribution in [-0.2, 0) is 11.2 Å². The first kappa shape index (κ1) is 51.1. The smallest absolute Gasteiger partial charge is 0.337 e. The Balaban J connectivity index is 0.000000230. The summed E-state index contributed by atoms with van der Waals surface area (Å²) < 4.78 is 19.9. The Morgan fingerprint density at radius 3 is 1.44 bits per heavy atom. The number of halogens is 6. The molecule has 3 aromatic carbocycles. The fourth-order valence-electron chi connectivity index (χ4n) is 5.13. The Morgan fingerprint density at radius 2 is 0.968 bits per heavy atom. The van der Waals surface area contributed by atoms with Gasteiger partial charge in [0.05, 0.1) is 51.8 Å². The molecule has 0 saturated heterocycles. The minimum atomic E-state index is -0.345.